The number of nitrogens with zero attached hydrogens (tertiary/aromatic N) is 1. The highest BCUT2D eigenvalue weighted by Gasteiger charge is 2.26. The Balaban J connectivity index is 2.25. The smallest absolute Gasteiger partial charge is 0.317 e. The summed E-state index contributed by atoms with van der Waals surface area (Å²) in [7, 11) is 1.79. The molecule has 5 heteroatoms. The largest absolute Gasteiger partial charge is 0.389 e. The maximum atomic E-state index is 12.0. The third-order valence-corrected chi connectivity index (χ3v) is 2.93. The van der Waals surface area contributed by atoms with Crippen molar-refractivity contribution in [3.8, 4) is 0 Å². The third-order valence-electron chi connectivity index (χ3n) is 2.93. The van der Waals surface area contributed by atoms with E-state index in [0.717, 1.165) is 18.4 Å². The number of aromatic nitrogens is 1. The summed E-state index contributed by atoms with van der Waals surface area (Å²) < 4.78 is 36.1. The van der Waals surface area contributed by atoms with E-state index < -0.39 is 12.6 Å². The van der Waals surface area contributed by atoms with Gasteiger partial charge in [-0.25, -0.2) is 0 Å². The summed E-state index contributed by atoms with van der Waals surface area (Å²) in [5, 5.41) is 3.07. The lowest BCUT2D eigenvalue weighted by atomic mass is 10.0. The van der Waals surface area contributed by atoms with Crippen LogP contribution in [0.15, 0.2) is 24.5 Å². The monoisotopic (exact) mass is 260 g/mol. The second-order valence-electron chi connectivity index (χ2n) is 4.39. The molecule has 1 aromatic rings. The standard InChI is InChI=1S/C13H19F3N2/c1-17-12(5-2-8-13(14,15)16)7-6-11-4-3-9-18-10-11/h3-4,9-10,12,17H,2,5-8H2,1H3. The van der Waals surface area contributed by atoms with E-state index in [4.69, 9.17) is 0 Å². The maximum Gasteiger partial charge on any atom is 0.389 e. The van der Waals surface area contributed by atoms with Gasteiger partial charge in [-0.1, -0.05) is 6.07 Å². The van der Waals surface area contributed by atoms with Crippen LogP contribution in [0.2, 0.25) is 0 Å². The Kier molecular flexibility index (Phi) is 6.12. The second kappa shape index (κ2) is 7.36. The van der Waals surface area contributed by atoms with Crippen LogP contribution in [0.25, 0.3) is 0 Å². The van der Waals surface area contributed by atoms with Crippen molar-refractivity contribution in [3.05, 3.63) is 30.1 Å². The number of hydrogen-bond acceptors (Lipinski definition) is 2. The van der Waals surface area contributed by atoms with Gasteiger partial charge in [0.25, 0.3) is 0 Å². The topological polar surface area (TPSA) is 24.9 Å². The molecule has 1 atom stereocenters. The van der Waals surface area contributed by atoms with Crippen LogP contribution in [0.4, 0.5) is 13.2 Å². The molecule has 1 unspecified atom stereocenters. The van der Waals surface area contributed by atoms with Crippen molar-refractivity contribution >= 4 is 0 Å². The van der Waals surface area contributed by atoms with Crippen molar-refractivity contribution in [2.75, 3.05) is 7.05 Å². The van der Waals surface area contributed by atoms with Crippen molar-refractivity contribution in [2.45, 2.75) is 44.3 Å². The summed E-state index contributed by atoms with van der Waals surface area (Å²) in [5.74, 6) is 0. The molecule has 18 heavy (non-hydrogen) atoms. The minimum atomic E-state index is -4.04. The number of aryl methyl sites for hydroxylation is 1. The Morgan fingerprint density at radius 1 is 1.33 bits per heavy atom. The van der Waals surface area contributed by atoms with Gasteiger partial charge in [-0.2, -0.15) is 13.2 Å². The molecule has 0 radical (unpaired) electrons. The molecule has 0 saturated carbocycles. The fourth-order valence-corrected chi connectivity index (χ4v) is 1.87. The predicted molar refractivity (Wildman–Crippen MR) is 65.3 cm³/mol. The molecule has 1 heterocycles. The lowest BCUT2D eigenvalue weighted by Crippen LogP contribution is -2.26. The number of hydrogen-bond donors (Lipinski definition) is 1. The molecule has 0 saturated heterocycles. The number of alkyl halides is 3. The Morgan fingerprint density at radius 2 is 2.11 bits per heavy atom. The van der Waals surface area contributed by atoms with Crippen LogP contribution in [-0.4, -0.2) is 24.2 Å². The zero-order chi connectivity index (χ0) is 13.4. The molecule has 0 aliphatic heterocycles. The number of halogens is 3. The van der Waals surface area contributed by atoms with E-state index in [1.807, 2.05) is 12.1 Å². The first-order valence-corrected chi connectivity index (χ1v) is 6.14. The molecule has 2 nitrogen and oxygen atoms in total. The first-order valence-electron chi connectivity index (χ1n) is 6.14. The van der Waals surface area contributed by atoms with Crippen LogP contribution in [0.3, 0.4) is 0 Å². The minimum Gasteiger partial charge on any atom is -0.317 e. The highest BCUT2D eigenvalue weighted by molar-refractivity contribution is 5.08. The molecule has 0 aliphatic rings. The number of nitrogens with one attached hydrogen (secondary N) is 1. The average Bonchev–Trinajstić information content (AvgIpc) is 2.33. The fraction of sp³-hybridized carbons (Fsp3) is 0.615. The van der Waals surface area contributed by atoms with E-state index in [1.165, 1.54) is 0 Å². The predicted octanol–water partition coefficient (Wildman–Crippen LogP) is 3.33. The quantitative estimate of drug-likeness (QED) is 0.813. The van der Waals surface area contributed by atoms with Crippen molar-refractivity contribution in [1.29, 1.82) is 0 Å². The number of pyridine rings is 1. The maximum absolute atomic E-state index is 12.0. The fourth-order valence-electron chi connectivity index (χ4n) is 1.87. The van der Waals surface area contributed by atoms with Crippen LogP contribution in [0.5, 0.6) is 0 Å². The van der Waals surface area contributed by atoms with Gasteiger partial charge in [0.15, 0.2) is 0 Å². The van der Waals surface area contributed by atoms with Crippen LogP contribution >= 0.6 is 0 Å². The average molecular weight is 260 g/mol. The SMILES string of the molecule is CNC(CCCC(F)(F)F)CCc1cccnc1. The molecule has 1 N–H and O–H groups in total. The van der Waals surface area contributed by atoms with Crippen molar-refractivity contribution in [1.82, 2.24) is 10.3 Å². The van der Waals surface area contributed by atoms with Gasteiger partial charge in [0.05, 0.1) is 0 Å². The van der Waals surface area contributed by atoms with Gasteiger partial charge in [0.2, 0.25) is 0 Å². The third kappa shape index (κ3) is 6.59. The summed E-state index contributed by atoms with van der Waals surface area (Å²) in [5.41, 5.74) is 1.12. The number of rotatable bonds is 7. The van der Waals surface area contributed by atoms with Crippen LogP contribution in [-0.2, 0) is 6.42 Å². The molecular formula is C13H19F3N2. The summed E-state index contributed by atoms with van der Waals surface area (Å²) >= 11 is 0. The lowest BCUT2D eigenvalue weighted by molar-refractivity contribution is -0.135. The van der Waals surface area contributed by atoms with Gasteiger partial charge < -0.3 is 5.32 Å². The normalized spacial score (nSPS) is 13.6. The minimum absolute atomic E-state index is 0.132. The Hall–Kier alpha value is -1.10. The van der Waals surface area contributed by atoms with Crippen LogP contribution in [0, 0.1) is 0 Å². The molecule has 0 aliphatic carbocycles. The summed E-state index contributed by atoms with van der Waals surface area (Å²) in [6.07, 6.45) is 1.17. The molecule has 0 spiro atoms. The highest BCUT2D eigenvalue weighted by Crippen LogP contribution is 2.23. The Labute approximate surface area is 106 Å². The Morgan fingerprint density at radius 3 is 2.67 bits per heavy atom. The first kappa shape index (κ1) is 15.0. The van der Waals surface area contributed by atoms with Crippen LogP contribution < -0.4 is 5.32 Å². The zero-order valence-corrected chi connectivity index (χ0v) is 10.5. The van der Waals surface area contributed by atoms with E-state index in [2.05, 4.69) is 10.3 Å². The van der Waals surface area contributed by atoms with Gasteiger partial charge in [-0.15, -0.1) is 0 Å². The van der Waals surface area contributed by atoms with E-state index in [9.17, 15) is 13.2 Å². The van der Waals surface area contributed by atoms with Crippen LogP contribution in [0.1, 0.15) is 31.2 Å². The molecular weight excluding hydrogens is 241 g/mol. The van der Waals surface area contributed by atoms with Crippen molar-refractivity contribution < 1.29 is 13.2 Å². The first-order chi connectivity index (χ1) is 8.51. The second-order valence-corrected chi connectivity index (χ2v) is 4.39. The highest BCUT2D eigenvalue weighted by atomic mass is 19.4. The van der Waals surface area contributed by atoms with Gasteiger partial charge in [0.1, 0.15) is 0 Å². The van der Waals surface area contributed by atoms with Gasteiger partial charge >= 0.3 is 6.18 Å². The van der Waals surface area contributed by atoms with E-state index >= 15 is 0 Å². The molecule has 0 amide bonds. The van der Waals surface area contributed by atoms with Gasteiger partial charge in [-0.05, 0) is 44.4 Å². The summed E-state index contributed by atoms with van der Waals surface area (Å²) in [4.78, 5) is 4.01. The van der Waals surface area contributed by atoms with E-state index in [-0.39, 0.29) is 12.5 Å². The molecule has 1 aromatic heterocycles. The molecule has 0 bridgehead atoms. The van der Waals surface area contributed by atoms with Crippen molar-refractivity contribution in [3.63, 3.8) is 0 Å². The van der Waals surface area contributed by atoms with E-state index in [0.29, 0.717) is 6.42 Å². The van der Waals surface area contributed by atoms with E-state index in [1.54, 1.807) is 19.4 Å². The molecule has 0 fully saturated rings. The van der Waals surface area contributed by atoms with Gasteiger partial charge in [0, 0.05) is 24.9 Å². The molecule has 1 rings (SSSR count). The summed E-state index contributed by atoms with van der Waals surface area (Å²) in [6, 6.07) is 3.98. The van der Waals surface area contributed by atoms with Gasteiger partial charge in [-0.3, -0.25) is 4.98 Å². The Bertz CT molecular complexity index is 325. The summed E-state index contributed by atoms with van der Waals surface area (Å²) in [6.45, 7) is 0. The zero-order valence-electron chi connectivity index (χ0n) is 10.5. The molecule has 102 valence electrons. The lowest BCUT2D eigenvalue weighted by Gasteiger charge is -2.16. The molecule has 0 aromatic carbocycles. The van der Waals surface area contributed by atoms with Crippen molar-refractivity contribution in [2.24, 2.45) is 0 Å².